The number of ether oxygens (including phenoxy) is 2. The van der Waals surface area contributed by atoms with Crippen LogP contribution in [0.4, 0.5) is 4.39 Å². The van der Waals surface area contributed by atoms with Gasteiger partial charge in [0.05, 0.1) is 6.10 Å². The maximum Gasteiger partial charge on any atom is 0.164 e. The largest absolute Gasteiger partial charge is 0.486 e. The molecule has 1 aromatic rings. The Balaban J connectivity index is 2.31. The lowest BCUT2D eigenvalue weighted by Crippen LogP contribution is -2.19. The molecule has 16 heavy (non-hydrogen) atoms. The maximum absolute atomic E-state index is 13.6. The molecule has 1 aliphatic rings. The van der Waals surface area contributed by atoms with E-state index in [1.54, 1.807) is 7.05 Å². The van der Waals surface area contributed by atoms with Crippen molar-refractivity contribution in [2.45, 2.75) is 6.10 Å². The van der Waals surface area contributed by atoms with Gasteiger partial charge in [-0.15, -0.1) is 0 Å². The van der Waals surface area contributed by atoms with E-state index in [0.29, 0.717) is 24.7 Å². The van der Waals surface area contributed by atoms with Crippen LogP contribution < -0.4 is 14.8 Å². The Morgan fingerprint density at radius 1 is 1.38 bits per heavy atom. The summed E-state index contributed by atoms with van der Waals surface area (Å²) in [6, 6.07) is 2.74. The van der Waals surface area contributed by atoms with Crippen LogP contribution in [0.15, 0.2) is 12.1 Å². The molecule has 0 saturated carbocycles. The van der Waals surface area contributed by atoms with Crippen molar-refractivity contribution in [3.8, 4) is 11.5 Å². The summed E-state index contributed by atoms with van der Waals surface area (Å²) in [6.45, 7) is 1.15. The van der Waals surface area contributed by atoms with Crippen molar-refractivity contribution < 1.29 is 19.0 Å². The quantitative estimate of drug-likeness (QED) is 0.803. The van der Waals surface area contributed by atoms with Gasteiger partial charge in [0.15, 0.2) is 11.5 Å². The van der Waals surface area contributed by atoms with Crippen molar-refractivity contribution in [1.29, 1.82) is 0 Å². The highest BCUT2D eigenvalue weighted by molar-refractivity contribution is 5.45. The van der Waals surface area contributed by atoms with E-state index in [1.165, 1.54) is 12.1 Å². The molecule has 4 nitrogen and oxygen atoms in total. The lowest BCUT2D eigenvalue weighted by Gasteiger charge is -2.20. The number of likely N-dealkylation sites (N-methyl/N-ethyl adjacent to an activating group) is 1. The molecule has 0 aliphatic carbocycles. The average molecular weight is 227 g/mol. The molecule has 1 unspecified atom stereocenters. The first-order chi connectivity index (χ1) is 7.72. The first-order valence-electron chi connectivity index (χ1n) is 5.14. The number of halogens is 1. The molecule has 1 heterocycles. The molecule has 0 saturated heterocycles. The Morgan fingerprint density at radius 2 is 2.00 bits per heavy atom. The molecule has 1 aromatic carbocycles. The number of nitrogens with one attached hydrogen (secondary N) is 1. The van der Waals surface area contributed by atoms with E-state index in [2.05, 4.69) is 5.32 Å². The zero-order valence-electron chi connectivity index (χ0n) is 9.00. The molecule has 0 bridgehead atoms. The smallest absolute Gasteiger partial charge is 0.164 e. The third-order valence-electron chi connectivity index (χ3n) is 2.42. The first-order valence-corrected chi connectivity index (χ1v) is 5.14. The van der Waals surface area contributed by atoms with Gasteiger partial charge in [-0.25, -0.2) is 4.39 Å². The summed E-state index contributed by atoms with van der Waals surface area (Å²) in [5.41, 5.74) is 0.221. The summed E-state index contributed by atoms with van der Waals surface area (Å²) in [4.78, 5) is 0. The molecule has 0 aromatic heterocycles. The van der Waals surface area contributed by atoms with Crippen molar-refractivity contribution in [3.63, 3.8) is 0 Å². The number of aliphatic hydroxyl groups is 1. The lowest BCUT2D eigenvalue weighted by molar-refractivity contribution is 0.160. The molecule has 88 valence electrons. The van der Waals surface area contributed by atoms with Gasteiger partial charge in [0.25, 0.3) is 0 Å². The fourth-order valence-corrected chi connectivity index (χ4v) is 1.64. The van der Waals surface area contributed by atoms with Gasteiger partial charge in [-0.2, -0.15) is 0 Å². The SMILES string of the molecule is CNCC(O)c1cc2c(cc1F)OCCO2. The zero-order chi connectivity index (χ0) is 11.5. The Morgan fingerprint density at radius 3 is 2.62 bits per heavy atom. The second kappa shape index (κ2) is 4.67. The third kappa shape index (κ3) is 2.10. The number of fused-ring (bicyclic) bond motifs is 1. The van der Waals surface area contributed by atoms with Crippen molar-refractivity contribution >= 4 is 0 Å². The van der Waals surface area contributed by atoms with Crippen molar-refractivity contribution in [2.24, 2.45) is 0 Å². The number of hydrogen-bond acceptors (Lipinski definition) is 4. The van der Waals surface area contributed by atoms with E-state index in [9.17, 15) is 9.50 Å². The summed E-state index contributed by atoms with van der Waals surface area (Å²) in [6.07, 6.45) is -0.888. The van der Waals surface area contributed by atoms with Gasteiger partial charge < -0.3 is 19.9 Å². The molecular weight excluding hydrogens is 213 g/mol. The van der Waals surface area contributed by atoms with Gasteiger partial charge >= 0.3 is 0 Å². The Kier molecular flexibility index (Phi) is 3.26. The number of benzene rings is 1. The van der Waals surface area contributed by atoms with Crippen LogP contribution in [0.25, 0.3) is 0 Å². The second-order valence-electron chi connectivity index (χ2n) is 3.59. The Bertz CT molecular complexity index is 384. The summed E-state index contributed by atoms with van der Waals surface area (Å²) >= 11 is 0. The predicted octanol–water partition coefficient (Wildman–Crippen LogP) is 0.850. The van der Waals surface area contributed by atoms with E-state index >= 15 is 0 Å². The fourth-order valence-electron chi connectivity index (χ4n) is 1.64. The third-order valence-corrected chi connectivity index (χ3v) is 2.42. The van der Waals surface area contributed by atoms with E-state index in [0.717, 1.165) is 0 Å². The highest BCUT2D eigenvalue weighted by Gasteiger charge is 2.19. The molecule has 0 spiro atoms. The van der Waals surface area contributed by atoms with Crippen LogP contribution in [0.1, 0.15) is 11.7 Å². The van der Waals surface area contributed by atoms with Crippen LogP contribution in [-0.4, -0.2) is 31.9 Å². The summed E-state index contributed by atoms with van der Waals surface area (Å²) in [7, 11) is 1.69. The standard InChI is InChI=1S/C11H14FNO3/c1-13-6-9(14)7-4-10-11(5-8(7)12)16-3-2-15-10/h4-5,9,13-14H,2-3,6H2,1H3. The normalized spacial score (nSPS) is 15.9. The van der Waals surface area contributed by atoms with E-state index in [4.69, 9.17) is 9.47 Å². The predicted molar refractivity (Wildman–Crippen MR) is 56.3 cm³/mol. The summed E-state index contributed by atoms with van der Waals surface area (Å²) in [5, 5.41) is 12.5. The highest BCUT2D eigenvalue weighted by atomic mass is 19.1. The second-order valence-corrected chi connectivity index (χ2v) is 3.59. The molecule has 2 N–H and O–H groups in total. The highest BCUT2D eigenvalue weighted by Crippen LogP contribution is 2.34. The van der Waals surface area contributed by atoms with Gasteiger partial charge in [-0.3, -0.25) is 0 Å². The van der Waals surface area contributed by atoms with E-state index < -0.39 is 11.9 Å². The minimum Gasteiger partial charge on any atom is -0.486 e. The maximum atomic E-state index is 13.6. The van der Waals surface area contributed by atoms with Crippen molar-refractivity contribution in [1.82, 2.24) is 5.32 Å². The van der Waals surface area contributed by atoms with Gasteiger partial charge in [0.1, 0.15) is 19.0 Å². The minimum atomic E-state index is -0.888. The van der Waals surface area contributed by atoms with E-state index in [-0.39, 0.29) is 12.1 Å². The van der Waals surface area contributed by atoms with Crippen LogP contribution >= 0.6 is 0 Å². The lowest BCUT2D eigenvalue weighted by atomic mass is 10.1. The Labute approximate surface area is 93.0 Å². The molecule has 1 atom stereocenters. The van der Waals surface area contributed by atoms with Crippen LogP contribution in [0.5, 0.6) is 11.5 Å². The van der Waals surface area contributed by atoms with Crippen molar-refractivity contribution in [3.05, 3.63) is 23.5 Å². The molecule has 0 radical (unpaired) electrons. The van der Waals surface area contributed by atoms with Gasteiger partial charge in [0, 0.05) is 18.2 Å². The number of rotatable bonds is 3. The zero-order valence-corrected chi connectivity index (χ0v) is 9.00. The first kappa shape index (κ1) is 11.2. The summed E-state index contributed by atoms with van der Waals surface area (Å²) < 4.78 is 24.2. The number of aliphatic hydroxyl groups excluding tert-OH is 1. The van der Waals surface area contributed by atoms with Crippen molar-refractivity contribution in [2.75, 3.05) is 26.8 Å². The molecule has 5 heteroatoms. The number of hydrogen-bond donors (Lipinski definition) is 2. The van der Waals surface area contributed by atoms with Gasteiger partial charge in [0.2, 0.25) is 0 Å². The summed E-state index contributed by atoms with van der Waals surface area (Å²) in [5.74, 6) is 0.397. The molecular formula is C11H14FNO3. The van der Waals surface area contributed by atoms with Crippen LogP contribution in [-0.2, 0) is 0 Å². The molecule has 0 amide bonds. The van der Waals surface area contributed by atoms with Crippen LogP contribution in [0.3, 0.4) is 0 Å². The van der Waals surface area contributed by atoms with Crippen LogP contribution in [0, 0.1) is 5.82 Å². The molecule has 1 aliphatic heterocycles. The topological polar surface area (TPSA) is 50.7 Å². The van der Waals surface area contributed by atoms with Gasteiger partial charge in [-0.1, -0.05) is 0 Å². The average Bonchev–Trinajstić information content (AvgIpc) is 2.28. The Hall–Kier alpha value is -1.33. The minimum absolute atomic E-state index is 0.221. The molecule has 0 fully saturated rings. The monoisotopic (exact) mass is 227 g/mol. The van der Waals surface area contributed by atoms with E-state index in [1.807, 2.05) is 0 Å². The molecule has 2 rings (SSSR count). The van der Waals surface area contributed by atoms with Crippen LogP contribution in [0.2, 0.25) is 0 Å². The fraction of sp³-hybridized carbons (Fsp3) is 0.455. The van der Waals surface area contributed by atoms with Gasteiger partial charge in [-0.05, 0) is 13.1 Å².